The zero-order valence-corrected chi connectivity index (χ0v) is 17.0. The Kier molecular flexibility index (Phi) is 4.74. The van der Waals surface area contributed by atoms with E-state index in [1.807, 2.05) is 36.4 Å². The monoisotopic (exact) mass is 406 g/mol. The molecule has 0 spiro atoms. The Morgan fingerprint density at radius 3 is 2.83 bits per heavy atom. The van der Waals surface area contributed by atoms with Crippen molar-refractivity contribution in [2.24, 2.45) is 11.8 Å². The number of Topliss-reactive ketones (excluding diaryl/α,β-unsaturated/α-hetero) is 1. The fourth-order valence-electron chi connectivity index (χ4n) is 5.51. The smallest absolute Gasteiger partial charge is 0.235 e. The minimum Gasteiger partial charge on any atom is -0.495 e. The van der Waals surface area contributed by atoms with Gasteiger partial charge in [-0.2, -0.15) is 0 Å². The van der Waals surface area contributed by atoms with Crippen LogP contribution in [-0.2, 0) is 9.59 Å². The lowest BCUT2D eigenvalue weighted by Crippen LogP contribution is -2.60. The predicted octanol–water partition coefficient (Wildman–Crippen LogP) is 3.48. The molecule has 4 atom stereocenters. The number of benzene rings is 2. The molecule has 30 heavy (non-hydrogen) atoms. The van der Waals surface area contributed by atoms with E-state index in [2.05, 4.69) is 10.6 Å². The van der Waals surface area contributed by atoms with Gasteiger partial charge in [-0.05, 0) is 36.6 Å². The van der Waals surface area contributed by atoms with E-state index >= 15 is 0 Å². The molecule has 1 saturated carbocycles. The van der Waals surface area contributed by atoms with Crippen molar-refractivity contribution >= 4 is 17.4 Å². The van der Waals surface area contributed by atoms with Crippen LogP contribution in [0.4, 0.5) is 5.69 Å². The van der Waals surface area contributed by atoms with Crippen LogP contribution in [0.1, 0.15) is 37.2 Å². The van der Waals surface area contributed by atoms with Crippen LogP contribution in [0.2, 0.25) is 0 Å². The van der Waals surface area contributed by atoms with Crippen LogP contribution < -0.4 is 20.1 Å². The summed E-state index contributed by atoms with van der Waals surface area (Å²) in [6.45, 7) is 0.130. The standard InChI is InChI=1S/C24H26N2O4/c1-29-20-12-5-3-10-17(20)26-23(28)22-18(27)14-25-24-13-7-6-9-16(24)21(22)15-8-2-4-11-19(15)30-24/h2-5,8,10-12,16,21-22,25H,6-7,9,13-14H2,1H3,(H,26,28)/t16-,21-,22+,24-/m1/s1. The van der Waals surface area contributed by atoms with Crippen molar-refractivity contribution in [3.05, 3.63) is 54.1 Å². The molecule has 1 aliphatic carbocycles. The molecule has 0 aromatic heterocycles. The van der Waals surface area contributed by atoms with Gasteiger partial charge in [0, 0.05) is 18.3 Å². The third kappa shape index (κ3) is 2.98. The SMILES string of the molecule is COc1ccccc1NC(=O)[C@H]1C(=O)CN[C@@]23CCCC[C@@H]2[C@H]1c1ccccc1O3. The number of ketones is 1. The van der Waals surface area contributed by atoms with Gasteiger partial charge in [0.05, 0.1) is 19.3 Å². The van der Waals surface area contributed by atoms with Crippen LogP contribution in [0.15, 0.2) is 48.5 Å². The second-order valence-corrected chi connectivity index (χ2v) is 8.39. The van der Waals surface area contributed by atoms with Crippen molar-refractivity contribution in [2.75, 3.05) is 19.0 Å². The molecule has 2 heterocycles. The molecule has 6 nitrogen and oxygen atoms in total. The van der Waals surface area contributed by atoms with Gasteiger partial charge in [0.25, 0.3) is 0 Å². The molecule has 0 unspecified atom stereocenters. The quantitative estimate of drug-likeness (QED) is 0.763. The fraction of sp³-hybridized carbons (Fsp3) is 0.417. The second-order valence-electron chi connectivity index (χ2n) is 8.39. The first-order chi connectivity index (χ1) is 14.6. The number of rotatable bonds is 3. The van der Waals surface area contributed by atoms with Crippen LogP contribution in [0, 0.1) is 11.8 Å². The Balaban J connectivity index is 1.58. The third-order valence-corrected chi connectivity index (χ3v) is 6.83. The summed E-state index contributed by atoms with van der Waals surface area (Å²) in [5, 5.41) is 6.38. The van der Waals surface area contributed by atoms with Crippen molar-refractivity contribution in [2.45, 2.75) is 37.3 Å². The number of carbonyl (C=O) groups excluding carboxylic acids is 2. The van der Waals surface area contributed by atoms with E-state index in [4.69, 9.17) is 9.47 Å². The highest BCUT2D eigenvalue weighted by Gasteiger charge is 2.57. The van der Waals surface area contributed by atoms with Gasteiger partial charge in [0.15, 0.2) is 11.5 Å². The first kappa shape index (κ1) is 19.1. The number of amides is 1. The lowest BCUT2D eigenvalue weighted by Gasteiger charge is -2.50. The number of ether oxygens (including phenoxy) is 2. The van der Waals surface area contributed by atoms with Crippen molar-refractivity contribution < 1.29 is 19.1 Å². The molecule has 1 amide bonds. The van der Waals surface area contributed by atoms with Gasteiger partial charge in [-0.25, -0.2) is 0 Å². The van der Waals surface area contributed by atoms with Gasteiger partial charge in [-0.15, -0.1) is 0 Å². The topological polar surface area (TPSA) is 76.7 Å². The Bertz CT molecular complexity index is 991. The summed E-state index contributed by atoms with van der Waals surface area (Å²) in [7, 11) is 1.57. The highest BCUT2D eigenvalue weighted by atomic mass is 16.5. The van der Waals surface area contributed by atoms with Gasteiger partial charge in [0.2, 0.25) is 5.91 Å². The molecule has 6 heteroatoms. The lowest BCUT2D eigenvalue weighted by molar-refractivity contribution is -0.132. The zero-order chi connectivity index (χ0) is 20.7. The van der Waals surface area contributed by atoms with Gasteiger partial charge in [-0.1, -0.05) is 36.8 Å². The summed E-state index contributed by atoms with van der Waals surface area (Å²) in [4.78, 5) is 26.8. The molecule has 5 rings (SSSR count). The van der Waals surface area contributed by atoms with Gasteiger partial charge >= 0.3 is 0 Å². The number of nitrogens with one attached hydrogen (secondary N) is 2. The maximum absolute atomic E-state index is 13.5. The van der Waals surface area contributed by atoms with E-state index in [1.54, 1.807) is 19.2 Å². The van der Waals surface area contributed by atoms with Crippen molar-refractivity contribution in [3.63, 3.8) is 0 Å². The number of hydrogen-bond acceptors (Lipinski definition) is 5. The van der Waals surface area contributed by atoms with Crippen molar-refractivity contribution in [1.29, 1.82) is 0 Å². The van der Waals surface area contributed by atoms with Gasteiger partial charge in [-0.3, -0.25) is 14.9 Å². The summed E-state index contributed by atoms with van der Waals surface area (Å²) in [6, 6.07) is 15.1. The average Bonchev–Trinajstić information content (AvgIpc) is 2.86. The fourth-order valence-corrected chi connectivity index (χ4v) is 5.51. The van der Waals surface area contributed by atoms with Gasteiger partial charge < -0.3 is 14.8 Å². The highest BCUT2D eigenvalue weighted by Crippen LogP contribution is 2.54. The molecule has 2 aromatic rings. The van der Waals surface area contributed by atoms with E-state index in [0.717, 1.165) is 37.0 Å². The largest absolute Gasteiger partial charge is 0.495 e. The minimum absolute atomic E-state index is 0.0704. The van der Waals surface area contributed by atoms with E-state index in [0.29, 0.717) is 11.4 Å². The summed E-state index contributed by atoms with van der Waals surface area (Å²) in [5.41, 5.74) is 0.953. The Morgan fingerprint density at radius 2 is 1.97 bits per heavy atom. The molecule has 2 N–H and O–H groups in total. The number of fused-ring (bicyclic) bond motifs is 2. The third-order valence-electron chi connectivity index (χ3n) is 6.83. The Hall–Kier alpha value is -2.86. The van der Waals surface area contributed by atoms with E-state index < -0.39 is 11.6 Å². The van der Waals surface area contributed by atoms with E-state index in [-0.39, 0.29) is 30.1 Å². The lowest BCUT2D eigenvalue weighted by atomic mass is 9.65. The van der Waals surface area contributed by atoms with E-state index in [9.17, 15) is 9.59 Å². The number of methoxy groups -OCH3 is 1. The molecule has 3 aliphatic rings. The molecular formula is C24H26N2O4. The first-order valence-corrected chi connectivity index (χ1v) is 10.6. The molecular weight excluding hydrogens is 380 g/mol. The zero-order valence-electron chi connectivity index (χ0n) is 17.0. The summed E-state index contributed by atoms with van der Waals surface area (Å²) >= 11 is 0. The Morgan fingerprint density at radius 1 is 1.17 bits per heavy atom. The van der Waals surface area contributed by atoms with Crippen LogP contribution in [0.3, 0.4) is 0 Å². The first-order valence-electron chi connectivity index (χ1n) is 10.6. The second kappa shape index (κ2) is 7.43. The van der Waals surface area contributed by atoms with E-state index in [1.165, 1.54) is 0 Å². The average molecular weight is 406 g/mol. The van der Waals surface area contributed by atoms with Crippen LogP contribution in [-0.4, -0.2) is 31.1 Å². The van der Waals surface area contributed by atoms with Crippen molar-refractivity contribution in [1.82, 2.24) is 5.32 Å². The summed E-state index contributed by atoms with van der Waals surface area (Å²) in [6.07, 6.45) is 3.89. The maximum atomic E-state index is 13.5. The number of para-hydroxylation sites is 3. The Labute approximate surface area is 176 Å². The van der Waals surface area contributed by atoms with Crippen LogP contribution in [0.5, 0.6) is 11.5 Å². The molecule has 2 fully saturated rings. The molecule has 2 aliphatic heterocycles. The molecule has 0 radical (unpaired) electrons. The van der Waals surface area contributed by atoms with Crippen LogP contribution in [0.25, 0.3) is 0 Å². The maximum Gasteiger partial charge on any atom is 0.235 e. The highest BCUT2D eigenvalue weighted by molar-refractivity contribution is 6.09. The number of anilines is 1. The minimum atomic E-state index is -0.780. The molecule has 156 valence electrons. The summed E-state index contributed by atoms with van der Waals surface area (Å²) < 4.78 is 11.9. The van der Waals surface area contributed by atoms with Crippen LogP contribution >= 0.6 is 0 Å². The predicted molar refractivity (Wildman–Crippen MR) is 113 cm³/mol. The number of hydrogen-bond donors (Lipinski definition) is 2. The molecule has 2 aromatic carbocycles. The van der Waals surface area contributed by atoms with Gasteiger partial charge in [0.1, 0.15) is 17.4 Å². The number of carbonyl (C=O) groups is 2. The molecule has 1 saturated heterocycles. The van der Waals surface area contributed by atoms with Crippen molar-refractivity contribution in [3.8, 4) is 11.5 Å². The summed E-state index contributed by atoms with van der Waals surface area (Å²) in [5.74, 6) is 0.0455. The normalized spacial score (nSPS) is 29.6. The molecule has 2 bridgehead atoms.